The van der Waals surface area contributed by atoms with Crippen molar-refractivity contribution in [2.75, 3.05) is 6.54 Å². The number of aliphatic hydroxyl groups is 1. The van der Waals surface area contributed by atoms with Gasteiger partial charge in [0.05, 0.1) is 11.1 Å². The summed E-state index contributed by atoms with van der Waals surface area (Å²) in [5, 5.41) is 13.2. The third kappa shape index (κ3) is 3.29. The second-order valence-corrected chi connectivity index (χ2v) is 5.97. The van der Waals surface area contributed by atoms with Crippen LogP contribution in [0.15, 0.2) is 18.2 Å². The summed E-state index contributed by atoms with van der Waals surface area (Å²) in [5.74, 6) is -0.701. The second kappa shape index (κ2) is 6.52. The highest BCUT2D eigenvalue weighted by Gasteiger charge is 2.18. The van der Waals surface area contributed by atoms with Gasteiger partial charge in [-0.25, -0.2) is 4.39 Å². The number of rotatable bonds is 5. The van der Waals surface area contributed by atoms with Gasteiger partial charge in [0.15, 0.2) is 0 Å². The zero-order chi connectivity index (χ0) is 14.7. The monoisotopic (exact) mass is 315 g/mol. The first-order valence-corrected chi connectivity index (χ1v) is 7.56. The number of hydrogen-bond acceptors (Lipinski definition) is 3. The fourth-order valence-electron chi connectivity index (χ4n) is 1.91. The molecule has 0 fully saturated rings. The molecule has 1 unspecified atom stereocenters. The summed E-state index contributed by atoms with van der Waals surface area (Å²) in [7, 11) is 0. The fraction of sp³-hybridized carbons (Fsp3) is 0.357. The molecule has 0 saturated heterocycles. The molecule has 20 heavy (non-hydrogen) atoms. The number of carbonyl (C=O) groups is 1. The predicted molar refractivity (Wildman–Crippen MR) is 80.0 cm³/mol. The average Bonchev–Trinajstić information content (AvgIpc) is 2.73. The Kier molecular flexibility index (Phi) is 4.96. The van der Waals surface area contributed by atoms with Crippen LogP contribution in [-0.4, -0.2) is 23.7 Å². The Morgan fingerprint density at radius 3 is 3.00 bits per heavy atom. The Hall–Kier alpha value is -1.17. The lowest BCUT2D eigenvalue weighted by Crippen LogP contribution is -2.31. The van der Waals surface area contributed by atoms with E-state index in [1.54, 1.807) is 6.07 Å². The van der Waals surface area contributed by atoms with Crippen molar-refractivity contribution in [1.82, 2.24) is 5.32 Å². The molecular weight excluding hydrogens is 301 g/mol. The van der Waals surface area contributed by atoms with Crippen LogP contribution in [0.4, 0.5) is 4.39 Å². The number of hydrogen-bond donors (Lipinski definition) is 2. The number of amides is 1. The van der Waals surface area contributed by atoms with E-state index in [0.717, 1.165) is 17.8 Å². The van der Waals surface area contributed by atoms with Gasteiger partial charge in [-0.3, -0.25) is 4.79 Å². The van der Waals surface area contributed by atoms with Gasteiger partial charge < -0.3 is 10.4 Å². The SMILES string of the molecule is CCCC(O)CNC(=O)c1sc2cc(F)ccc2c1Cl. The van der Waals surface area contributed by atoms with Crippen molar-refractivity contribution >= 4 is 38.9 Å². The molecule has 2 aromatic rings. The van der Waals surface area contributed by atoms with E-state index >= 15 is 0 Å². The normalized spacial score (nSPS) is 12.6. The van der Waals surface area contributed by atoms with Gasteiger partial charge >= 0.3 is 0 Å². The summed E-state index contributed by atoms with van der Waals surface area (Å²) in [6, 6.07) is 4.23. The lowest BCUT2D eigenvalue weighted by Gasteiger charge is -2.09. The largest absolute Gasteiger partial charge is 0.391 e. The van der Waals surface area contributed by atoms with Gasteiger partial charge in [0, 0.05) is 16.6 Å². The summed E-state index contributed by atoms with van der Waals surface area (Å²) in [6.07, 6.45) is 0.917. The Bertz CT molecular complexity index is 629. The zero-order valence-electron chi connectivity index (χ0n) is 11.0. The van der Waals surface area contributed by atoms with Crippen LogP contribution >= 0.6 is 22.9 Å². The van der Waals surface area contributed by atoms with Gasteiger partial charge in [0.2, 0.25) is 0 Å². The van der Waals surface area contributed by atoms with Crippen molar-refractivity contribution in [3.05, 3.63) is 33.9 Å². The number of aliphatic hydroxyl groups excluding tert-OH is 1. The maximum atomic E-state index is 13.1. The number of thiophene rings is 1. The zero-order valence-corrected chi connectivity index (χ0v) is 12.5. The molecule has 1 aromatic heterocycles. The van der Waals surface area contributed by atoms with Crippen LogP contribution in [0.3, 0.4) is 0 Å². The van der Waals surface area contributed by atoms with Crippen LogP contribution < -0.4 is 5.32 Å². The van der Waals surface area contributed by atoms with Crippen LogP contribution in [-0.2, 0) is 0 Å². The summed E-state index contributed by atoms with van der Waals surface area (Å²) >= 11 is 7.29. The first-order valence-electron chi connectivity index (χ1n) is 6.36. The summed E-state index contributed by atoms with van der Waals surface area (Å²) in [6.45, 7) is 2.15. The molecule has 0 saturated carbocycles. The molecule has 1 heterocycles. The number of benzene rings is 1. The number of fused-ring (bicyclic) bond motifs is 1. The van der Waals surface area contributed by atoms with Crippen molar-refractivity contribution in [3.63, 3.8) is 0 Å². The van der Waals surface area contributed by atoms with E-state index < -0.39 is 6.10 Å². The molecule has 2 rings (SSSR count). The Balaban J connectivity index is 2.16. The van der Waals surface area contributed by atoms with Crippen molar-refractivity contribution in [2.45, 2.75) is 25.9 Å². The minimum atomic E-state index is -0.561. The molecule has 6 heteroatoms. The van der Waals surface area contributed by atoms with Crippen LogP contribution in [0.5, 0.6) is 0 Å². The first-order chi connectivity index (χ1) is 9.52. The van der Waals surface area contributed by atoms with E-state index in [2.05, 4.69) is 5.32 Å². The number of halogens is 2. The van der Waals surface area contributed by atoms with E-state index in [1.807, 2.05) is 6.92 Å². The third-order valence-electron chi connectivity index (χ3n) is 2.92. The Morgan fingerprint density at radius 1 is 1.55 bits per heavy atom. The molecule has 1 atom stereocenters. The molecule has 0 aliphatic rings. The van der Waals surface area contributed by atoms with Crippen molar-refractivity contribution in [2.24, 2.45) is 0 Å². The number of carbonyl (C=O) groups excluding carboxylic acids is 1. The van der Waals surface area contributed by atoms with Crippen LogP contribution in [0.25, 0.3) is 10.1 Å². The van der Waals surface area contributed by atoms with Gasteiger partial charge in [0.25, 0.3) is 5.91 Å². The van der Waals surface area contributed by atoms with Crippen LogP contribution in [0.1, 0.15) is 29.4 Å². The highest BCUT2D eigenvalue weighted by Crippen LogP contribution is 2.35. The molecule has 0 bridgehead atoms. The van der Waals surface area contributed by atoms with Crippen molar-refractivity contribution in [3.8, 4) is 0 Å². The van der Waals surface area contributed by atoms with E-state index in [0.29, 0.717) is 26.4 Å². The summed E-state index contributed by atoms with van der Waals surface area (Å²) in [5.41, 5.74) is 0. The van der Waals surface area contributed by atoms with Gasteiger partial charge in [0.1, 0.15) is 10.7 Å². The maximum Gasteiger partial charge on any atom is 0.263 e. The van der Waals surface area contributed by atoms with Crippen molar-refractivity contribution in [1.29, 1.82) is 0 Å². The fourth-order valence-corrected chi connectivity index (χ4v) is 3.37. The average molecular weight is 316 g/mol. The third-order valence-corrected chi connectivity index (χ3v) is 4.57. The second-order valence-electron chi connectivity index (χ2n) is 4.54. The van der Waals surface area contributed by atoms with E-state index in [1.165, 1.54) is 12.1 Å². The smallest absolute Gasteiger partial charge is 0.263 e. The molecular formula is C14H15ClFNO2S. The van der Waals surface area contributed by atoms with E-state index in [9.17, 15) is 14.3 Å². The quantitative estimate of drug-likeness (QED) is 0.886. The van der Waals surface area contributed by atoms with Crippen LogP contribution in [0.2, 0.25) is 5.02 Å². The first kappa shape index (κ1) is 15.2. The summed E-state index contributed by atoms with van der Waals surface area (Å²) < 4.78 is 13.8. The topological polar surface area (TPSA) is 49.3 Å². The molecule has 3 nitrogen and oxygen atoms in total. The maximum absolute atomic E-state index is 13.1. The molecule has 0 aliphatic heterocycles. The molecule has 0 radical (unpaired) electrons. The molecule has 1 amide bonds. The lowest BCUT2D eigenvalue weighted by molar-refractivity contribution is 0.0914. The van der Waals surface area contributed by atoms with Gasteiger partial charge in [-0.1, -0.05) is 24.9 Å². The molecule has 2 N–H and O–H groups in total. The predicted octanol–water partition coefficient (Wildman–Crippen LogP) is 3.58. The van der Waals surface area contributed by atoms with E-state index in [4.69, 9.17) is 11.6 Å². The molecule has 0 spiro atoms. The highest BCUT2D eigenvalue weighted by atomic mass is 35.5. The van der Waals surface area contributed by atoms with Crippen molar-refractivity contribution < 1.29 is 14.3 Å². The van der Waals surface area contributed by atoms with Gasteiger partial charge in [-0.15, -0.1) is 11.3 Å². The highest BCUT2D eigenvalue weighted by molar-refractivity contribution is 7.21. The minimum absolute atomic E-state index is 0.186. The molecule has 108 valence electrons. The van der Waals surface area contributed by atoms with Gasteiger partial charge in [-0.2, -0.15) is 0 Å². The van der Waals surface area contributed by atoms with Gasteiger partial charge in [-0.05, 0) is 24.6 Å². The molecule has 0 aliphatic carbocycles. The number of nitrogens with one attached hydrogen (secondary N) is 1. The Morgan fingerprint density at radius 2 is 2.30 bits per heavy atom. The lowest BCUT2D eigenvalue weighted by atomic mass is 10.2. The van der Waals surface area contributed by atoms with E-state index in [-0.39, 0.29) is 18.3 Å². The molecule has 1 aromatic carbocycles. The van der Waals surface area contributed by atoms with Crippen LogP contribution in [0, 0.1) is 5.82 Å². The summed E-state index contributed by atoms with van der Waals surface area (Å²) in [4.78, 5) is 12.4. The minimum Gasteiger partial charge on any atom is -0.391 e. The Labute approximate surface area is 125 Å². The standard InChI is InChI=1S/C14H15ClFNO2S/c1-2-3-9(18)7-17-14(19)13-12(15)10-5-4-8(16)6-11(10)20-13/h4-6,9,18H,2-3,7H2,1H3,(H,17,19).